The molecule has 1 aliphatic rings. The Kier molecular flexibility index (Phi) is 3.27. The summed E-state index contributed by atoms with van der Waals surface area (Å²) in [5.41, 5.74) is 4.66. The molecule has 0 saturated heterocycles. The van der Waals surface area contributed by atoms with Gasteiger partial charge in [-0.15, -0.1) is 11.3 Å². The predicted octanol–water partition coefficient (Wildman–Crippen LogP) is 3.28. The summed E-state index contributed by atoms with van der Waals surface area (Å²) < 4.78 is 10.5. The summed E-state index contributed by atoms with van der Waals surface area (Å²) in [6.45, 7) is 2.13. The summed E-state index contributed by atoms with van der Waals surface area (Å²) in [4.78, 5) is 4.24. The van der Waals surface area contributed by atoms with Crippen LogP contribution in [-0.2, 0) is 0 Å². The van der Waals surface area contributed by atoms with Crippen LogP contribution in [0.3, 0.4) is 0 Å². The maximum atomic E-state index is 6.08. The van der Waals surface area contributed by atoms with E-state index in [4.69, 9.17) is 21.1 Å². The van der Waals surface area contributed by atoms with Gasteiger partial charge in [-0.25, -0.2) is 4.98 Å². The molecule has 1 aliphatic heterocycles. The summed E-state index contributed by atoms with van der Waals surface area (Å²) >= 11 is 7.58. The first kappa shape index (κ1) is 12.3. The lowest BCUT2D eigenvalue weighted by Crippen LogP contribution is -1.93. The van der Waals surface area contributed by atoms with Gasteiger partial charge >= 0.3 is 0 Å². The zero-order valence-electron chi connectivity index (χ0n) is 10.0. The molecular weight excluding hydrogens is 286 g/mol. The molecule has 2 aromatic rings. The normalized spacial score (nSPS) is 13.2. The van der Waals surface area contributed by atoms with Crippen LogP contribution >= 0.6 is 22.9 Å². The van der Waals surface area contributed by atoms with Crippen LogP contribution in [0.2, 0.25) is 5.02 Å². The van der Waals surface area contributed by atoms with Crippen molar-refractivity contribution in [3.63, 3.8) is 0 Å². The Labute approximate surface area is 118 Å². The lowest BCUT2D eigenvalue weighted by molar-refractivity contribution is 0.174. The summed E-state index contributed by atoms with van der Waals surface area (Å²) in [6, 6.07) is 3.60. The zero-order chi connectivity index (χ0) is 13.2. The zero-order valence-corrected chi connectivity index (χ0v) is 11.6. The van der Waals surface area contributed by atoms with Gasteiger partial charge in [-0.3, -0.25) is 5.43 Å². The van der Waals surface area contributed by atoms with Crippen LogP contribution < -0.4 is 14.9 Å². The van der Waals surface area contributed by atoms with E-state index >= 15 is 0 Å². The average Bonchev–Trinajstić information content (AvgIpc) is 2.98. The number of thiazole rings is 1. The monoisotopic (exact) mass is 295 g/mol. The molecule has 19 heavy (non-hydrogen) atoms. The number of benzene rings is 1. The van der Waals surface area contributed by atoms with Crippen molar-refractivity contribution in [2.24, 2.45) is 5.10 Å². The van der Waals surface area contributed by atoms with Crippen LogP contribution in [0.1, 0.15) is 11.3 Å². The number of rotatable bonds is 3. The summed E-state index contributed by atoms with van der Waals surface area (Å²) in [5, 5.41) is 7.33. The largest absolute Gasteiger partial charge is 0.454 e. The van der Waals surface area contributed by atoms with Crippen LogP contribution in [0, 0.1) is 6.92 Å². The highest BCUT2D eigenvalue weighted by atomic mass is 35.5. The van der Waals surface area contributed by atoms with Crippen molar-refractivity contribution >= 4 is 34.3 Å². The van der Waals surface area contributed by atoms with Crippen LogP contribution in [0.4, 0.5) is 5.13 Å². The van der Waals surface area contributed by atoms with Gasteiger partial charge < -0.3 is 9.47 Å². The van der Waals surface area contributed by atoms with E-state index in [0.29, 0.717) is 16.5 Å². The number of hydrogen-bond donors (Lipinski definition) is 1. The second kappa shape index (κ2) is 5.07. The van der Waals surface area contributed by atoms with Gasteiger partial charge in [-0.2, -0.15) is 5.10 Å². The van der Waals surface area contributed by atoms with E-state index in [9.17, 15) is 0 Å². The topological polar surface area (TPSA) is 55.7 Å². The number of halogens is 1. The van der Waals surface area contributed by atoms with E-state index in [2.05, 4.69) is 15.5 Å². The number of fused-ring (bicyclic) bond motifs is 1. The highest BCUT2D eigenvalue weighted by Crippen LogP contribution is 2.39. The van der Waals surface area contributed by atoms with Crippen molar-refractivity contribution in [1.29, 1.82) is 0 Å². The van der Waals surface area contributed by atoms with Crippen LogP contribution in [0.25, 0.3) is 0 Å². The van der Waals surface area contributed by atoms with Crippen LogP contribution in [0.15, 0.2) is 22.6 Å². The van der Waals surface area contributed by atoms with Gasteiger partial charge in [0.1, 0.15) is 0 Å². The molecule has 0 fully saturated rings. The fourth-order valence-electron chi connectivity index (χ4n) is 1.63. The third kappa shape index (κ3) is 2.64. The van der Waals surface area contributed by atoms with Gasteiger partial charge in [-0.1, -0.05) is 11.6 Å². The molecule has 0 amide bonds. The SMILES string of the molecule is Cc1csc(NN=Cc2cc(Cl)c3c(c2)OCO3)n1. The Hall–Kier alpha value is -1.79. The molecule has 0 atom stereocenters. The standard InChI is InChI=1S/C12H10ClN3O2S/c1-7-5-19-12(15-7)16-14-4-8-2-9(13)11-10(3-8)17-6-18-11/h2-5H,6H2,1H3,(H,15,16). The molecule has 0 spiro atoms. The fraction of sp³-hybridized carbons (Fsp3) is 0.167. The number of aryl methyl sites for hydroxylation is 1. The van der Waals surface area contributed by atoms with E-state index in [-0.39, 0.29) is 6.79 Å². The van der Waals surface area contributed by atoms with Crippen LogP contribution in [-0.4, -0.2) is 18.0 Å². The Morgan fingerprint density at radius 3 is 3.16 bits per heavy atom. The Bertz CT molecular complexity index is 642. The third-order valence-electron chi connectivity index (χ3n) is 2.44. The molecule has 7 heteroatoms. The predicted molar refractivity (Wildman–Crippen MR) is 75.6 cm³/mol. The molecule has 5 nitrogen and oxygen atoms in total. The quantitative estimate of drug-likeness (QED) is 0.697. The van der Waals surface area contributed by atoms with Crippen molar-refractivity contribution in [2.45, 2.75) is 6.92 Å². The Morgan fingerprint density at radius 2 is 2.37 bits per heavy atom. The first-order valence-corrected chi connectivity index (χ1v) is 6.78. The average molecular weight is 296 g/mol. The van der Waals surface area contributed by atoms with E-state index in [1.807, 2.05) is 18.4 Å². The maximum absolute atomic E-state index is 6.08. The van der Waals surface area contributed by atoms with Gasteiger partial charge in [0.05, 0.1) is 16.9 Å². The molecule has 98 valence electrons. The van der Waals surface area contributed by atoms with Crippen molar-refractivity contribution in [3.8, 4) is 11.5 Å². The minimum atomic E-state index is 0.201. The van der Waals surface area contributed by atoms with Gasteiger partial charge in [0, 0.05) is 5.38 Å². The molecular formula is C12H10ClN3O2S. The van der Waals surface area contributed by atoms with Gasteiger partial charge in [0.15, 0.2) is 11.5 Å². The molecule has 0 saturated carbocycles. The van der Waals surface area contributed by atoms with E-state index in [1.165, 1.54) is 11.3 Å². The Morgan fingerprint density at radius 1 is 1.47 bits per heavy atom. The number of hydrogen-bond acceptors (Lipinski definition) is 6. The number of anilines is 1. The van der Waals surface area contributed by atoms with Crippen molar-refractivity contribution < 1.29 is 9.47 Å². The third-order valence-corrected chi connectivity index (χ3v) is 3.59. The van der Waals surface area contributed by atoms with Crippen molar-refractivity contribution in [3.05, 3.63) is 33.8 Å². The number of aromatic nitrogens is 1. The maximum Gasteiger partial charge on any atom is 0.231 e. The minimum absolute atomic E-state index is 0.201. The number of nitrogens with zero attached hydrogens (tertiary/aromatic N) is 2. The van der Waals surface area contributed by atoms with E-state index in [1.54, 1.807) is 12.3 Å². The number of nitrogens with one attached hydrogen (secondary N) is 1. The van der Waals surface area contributed by atoms with Gasteiger partial charge in [-0.05, 0) is 24.6 Å². The molecule has 0 radical (unpaired) electrons. The summed E-state index contributed by atoms with van der Waals surface area (Å²) in [7, 11) is 0. The van der Waals surface area contributed by atoms with E-state index < -0.39 is 0 Å². The molecule has 0 aliphatic carbocycles. The molecule has 0 bridgehead atoms. The minimum Gasteiger partial charge on any atom is -0.454 e. The lowest BCUT2D eigenvalue weighted by Gasteiger charge is -2.00. The van der Waals surface area contributed by atoms with Crippen LogP contribution in [0.5, 0.6) is 11.5 Å². The number of hydrazone groups is 1. The Balaban J connectivity index is 1.75. The van der Waals surface area contributed by atoms with Crippen molar-refractivity contribution in [2.75, 3.05) is 12.2 Å². The molecule has 1 N–H and O–H groups in total. The van der Waals surface area contributed by atoms with E-state index in [0.717, 1.165) is 16.4 Å². The lowest BCUT2D eigenvalue weighted by atomic mass is 10.2. The van der Waals surface area contributed by atoms with Gasteiger partial charge in [0.2, 0.25) is 11.9 Å². The van der Waals surface area contributed by atoms with Crippen molar-refractivity contribution in [1.82, 2.24) is 4.98 Å². The molecule has 2 heterocycles. The second-order valence-electron chi connectivity index (χ2n) is 3.90. The summed E-state index contributed by atoms with van der Waals surface area (Å²) in [6.07, 6.45) is 1.66. The highest BCUT2D eigenvalue weighted by molar-refractivity contribution is 7.13. The smallest absolute Gasteiger partial charge is 0.231 e. The molecule has 0 unspecified atom stereocenters. The van der Waals surface area contributed by atoms with Gasteiger partial charge in [0.25, 0.3) is 0 Å². The highest BCUT2D eigenvalue weighted by Gasteiger charge is 2.17. The number of ether oxygens (including phenoxy) is 2. The first-order valence-electron chi connectivity index (χ1n) is 5.53. The second-order valence-corrected chi connectivity index (χ2v) is 5.17. The first-order chi connectivity index (χ1) is 9.22. The summed E-state index contributed by atoms with van der Waals surface area (Å²) in [5.74, 6) is 1.22. The molecule has 1 aromatic heterocycles. The molecule has 3 rings (SSSR count). The molecule has 1 aromatic carbocycles. The fourth-order valence-corrected chi connectivity index (χ4v) is 2.54.